The van der Waals surface area contributed by atoms with Gasteiger partial charge in [-0.15, -0.1) is 11.3 Å². The highest BCUT2D eigenvalue weighted by Crippen LogP contribution is 2.36. The molecule has 3 aromatic carbocycles. The Morgan fingerprint density at radius 2 is 1.30 bits per heavy atom. The summed E-state index contributed by atoms with van der Waals surface area (Å²) >= 11 is 1.63. The van der Waals surface area contributed by atoms with Crippen molar-refractivity contribution in [1.29, 1.82) is 0 Å². The first-order valence-electron chi connectivity index (χ1n) is 11.2. The van der Waals surface area contributed by atoms with Gasteiger partial charge in [0.1, 0.15) is 0 Å². The van der Waals surface area contributed by atoms with E-state index < -0.39 is 0 Å². The Labute approximate surface area is 199 Å². The number of nitrogens with zero attached hydrogens (tertiary/aromatic N) is 3. The average molecular weight is 450 g/mol. The predicted octanol–water partition coefficient (Wildman–Crippen LogP) is 7.87. The molecule has 5 rings (SSSR count). The highest BCUT2D eigenvalue weighted by atomic mass is 32.1. The summed E-state index contributed by atoms with van der Waals surface area (Å²) in [6.07, 6.45) is 0. The van der Waals surface area contributed by atoms with Crippen molar-refractivity contribution >= 4 is 11.3 Å². The van der Waals surface area contributed by atoms with Crippen molar-refractivity contribution in [3.63, 3.8) is 0 Å². The monoisotopic (exact) mass is 449 g/mol. The first kappa shape index (κ1) is 21.4. The van der Waals surface area contributed by atoms with Gasteiger partial charge in [0.15, 0.2) is 0 Å². The van der Waals surface area contributed by atoms with E-state index in [1.165, 1.54) is 22.3 Å². The SMILES string of the molecule is Cc1ccc(-c2nn(-c3nc(-c4ccccc4)cs3)c(-c3ccc(C)c(C)c3)c2C)cc1C. The standard InChI is InChI=1S/C29H27N3S/c1-18-11-13-24(15-20(18)3)27-22(5)28(25-14-12-19(2)21(4)16-25)32(31-27)29-30-26(17-33-29)23-9-7-6-8-10-23/h6-17H,1-5H3. The van der Waals surface area contributed by atoms with Crippen LogP contribution in [0.2, 0.25) is 0 Å². The second-order valence-corrected chi connectivity index (χ2v) is 9.55. The third-order valence-electron chi connectivity index (χ3n) is 6.43. The quantitative estimate of drug-likeness (QED) is 0.279. The molecular weight excluding hydrogens is 422 g/mol. The zero-order chi connectivity index (χ0) is 23.1. The lowest BCUT2D eigenvalue weighted by molar-refractivity contribution is 0.881. The van der Waals surface area contributed by atoms with Crippen LogP contribution in [0.1, 0.15) is 27.8 Å². The average Bonchev–Trinajstić information content (AvgIpc) is 3.43. The molecule has 0 spiro atoms. The molecule has 0 N–H and O–H groups in total. The van der Waals surface area contributed by atoms with Gasteiger partial charge in [0.25, 0.3) is 0 Å². The van der Waals surface area contributed by atoms with Gasteiger partial charge in [-0.1, -0.05) is 54.6 Å². The minimum atomic E-state index is 0.875. The number of aryl methyl sites for hydroxylation is 4. The summed E-state index contributed by atoms with van der Waals surface area (Å²) in [5.74, 6) is 0. The van der Waals surface area contributed by atoms with Gasteiger partial charge in [0, 0.05) is 27.6 Å². The number of hydrogen-bond acceptors (Lipinski definition) is 3. The van der Waals surface area contributed by atoms with Gasteiger partial charge < -0.3 is 0 Å². The normalized spacial score (nSPS) is 11.2. The Balaban J connectivity index is 1.71. The summed E-state index contributed by atoms with van der Waals surface area (Å²) in [5, 5.41) is 8.11. The van der Waals surface area contributed by atoms with Gasteiger partial charge in [0.05, 0.1) is 17.1 Å². The Kier molecular flexibility index (Phi) is 5.47. The largest absolute Gasteiger partial charge is 0.218 e. The maximum Gasteiger partial charge on any atom is 0.211 e. The van der Waals surface area contributed by atoms with Gasteiger partial charge in [-0.25, -0.2) is 9.67 Å². The number of thiazole rings is 1. The molecule has 0 aliphatic rings. The summed E-state index contributed by atoms with van der Waals surface area (Å²) < 4.78 is 2.03. The predicted molar refractivity (Wildman–Crippen MR) is 139 cm³/mol. The van der Waals surface area contributed by atoms with Crippen LogP contribution in [-0.2, 0) is 0 Å². The lowest BCUT2D eigenvalue weighted by atomic mass is 9.98. The minimum absolute atomic E-state index is 0.875. The van der Waals surface area contributed by atoms with Gasteiger partial charge in [-0.05, 0) is 69.0 Å². The molecule has 3 nitrogen and oxygen atoms in total. The van der Waals surface area contributed by atoms with E-state index in [1.807, 2.05) is 22.9 Å². The van der Waals surface area contributed by atoms with Gasteiger partial charge in [-0.3, -0.25) is 0 Å². The van der Waals surface area contributed by atoms with E-state index in [0.717, 1.165) is 44.5 Å². The molecule has 0 amide bonds. The molecule has 5 aromatic rings. The minimum Gasteiger partial charge on any atom is -0.218 e. The molecule has 0 bridgehead atoms. The van der Waals surface area contributed by atoms with Crippen molar-refractivity contribution < 1.29 is 0 Å². The fourth-order valence-corrected chi connectivity index (χ4v) is 4.92. The van der Waals surface area contributed by atoms with Crippen LogP contribution in [0.5, 0.6) is 0 Å². The second-order valence-electron chi connectivity index (χ2n) is 8.71. The fraction of sp³-hybridized carbons (Fsp3) is 0.172. The lowest BCUT2D eigenvalue weighted by Gasteiger charge is -2.09. The van der Waals surface area contributed by atoms with E-state index in [2.05, 4.69) is 88.5 Å². The number of benzene rings is 3. The number of rotatable bonds is 4. The van der Waals surface area contributed by atoms with Crippen molar-refractivity contribution in [2.75, 3.05) is 0 Å². The van der Waals surface area contributed by atoms with E-state index in [1.54, 1.807) is 11.3 Å². The van der Waals surface area contributed by atoms with E-state index >= 15 is 0 Å². The summed E-state index contributed by atoms with van der Waals surface area (Å²) in [5.41, 5.74) is 12.8. The molecule has 164 valence electrons. The molecule has 0 aliphatic carbocycles. The molecule has 4 heteroatoms. The van der Waals surface area contributed by atoms with Crippen LogP contribution >= 0.6 is 11.3 Å². The maximum atomic E-state index is 5.12. The molecule has 2 heterocycles. The van der Waals surface area contributed by atoms with E-state index in [4.69, 9.17) is 10.1 Å². The van der Waals surface area contributed by atoms with E-state index in [0.29, 0.717) is 0 Å². The summed E-state index contributed by atoms with van der Waals surface area (Å²) in [4.78, 5) is 4.98. The highest BCUT2D eigenvalue weighted by Gasteiger charge is 2.21. The summed E-state index contributed by atoms with van der Waals surface area (Å²) in [6.45, 7) is 10.8. The van der Waals surface area contributed by atoms with Crippen molar-refractivity contribution in [1.82, 2.24) is 14.8 Å². The first-order chi connectivity index (χ1) is 15.9. The van der Waals surface area contributed by atoms with E-state index in [-0.39, 0.29) is 0 Å². The van der Waals surface area contributed by atoms with Crippen molar-refractivity contribution in [3.05, 3.63) is 99.9 Å². The number of aromatic nitrogens is 3. The Morgan fingerprint density at radius 1 is 0.667 bits per heavy atom. The zero-order valence-corrected chi connectivity index (χ0v) is 20.5. The second kappa shape index (κ2) is 8.45. The third kappa shape index (κ3) is 3.91. The van der Waals surface area contributed by atoms with Crippen LogP contribution < -0.4 is 0 Å². The Bertz CT molecular complexity index is 1460. The van der Waals surface area contributed by atoms with Crippen molar-refractivity contribution in [2.45, 2.75) is 34.6 Å². The third-order valence-corrected chi connectivity index (χ3v) is 7.24. The van der Waals surface area contributed by atoms with Crippen LogP contribution in [0.25, 0.3) is 38.9 Å². The Morgan fingerprint density at radius 3 is 1.97 bits per heavy atom. The van der Waals surface area contributed by atoms with Crippen LogP contribution in [0.4, 0.5) is 0 Å². The van der Waals surface area contributed by atoms with Gasteiger partial charge in [0.2, 0.25) is 5.13 Å². The van der Waals surface area contributed by atoms with Gasteiger partial charge >= 0.3 is 0 Å². The molecule has 0 saturated heterocycles. The zero-order valence-electron chi connectivity index (χ0n) is 19.7. The van der Waals surface area contributed by atoms with E-state index in [9.17, 15) is 0 Å². The molecule has 0 aliphatic heterocycles. The van der Waals surface area contributed by atoms with Crippen LogP contribution in [-0.4, -0.2) is 14.8 Å². The molecule has 2 aromatic heterocycles. The molecule has 0 fully saturated rings. The highest BCUT2D eigenvalue weighted by molar-refractivity contribution is 7.12. The molecule has 0 unspecified atom stereocenters. The molecular formula is C29H27N3S. The molecule has 0 atom stereocenters. The van der Waals surface area contributed by atoms with Crippen molar-refractivity contribution in [3.8, 4) is 38.9 Å². The summed E-state index contributed by atoms with van der Waals surface area (Å²) in [6, 6.07) is 23.5. The maximum absolute atomic E-state index is 5.12. The summed E-state index contributed by atoms with van der Waals surface area (Å²) in [7, 11) is 0. The smallest absolute Gasteiger partial charge is 0.211 e. The van der Waals surface area contributed by atoms with Crippen molar-refractivity contribution in [2.24, 2.45) is 0 Å². The van der Waals surface area contributed by atoms with Crippen LogP contribution in [0.15, 0.2) is 72.1 Å². The number of hydrogen-bond donors (Lipinski definition) is 0. The van der Waals surface area contributed by atoms with Crippen LogP contribution in [0, 0.1) is 34.6 Å². The molecule has 0 radical (unpaired) electrons. The van der Waals surface area contributed by atoms with Gasteiger partial charge in [-0.2, -0.15) is 5.10 Å². The Hall–Kier alpha value is -3.50. The fourth-order valence-electron chi connectivity index (χ4n) is 4.13. The lowest BCUT2D eigenvalue weighted by Crippen LogP contribution is -2.00. The first-order valence-corrected chi connectivity index (χ1v) is 12.1. The molecule has 0 saturated carbocycles. The topological polar surface area (TPSA) is 30.7 Å². The van der Waals surface area contributed by atoms with Crippen LogP contribution in [0.3, 0.4) is 0 Å². The molecule has 33 heavy (non-hydrogen) atoms.